The summed E-state index contributed by atoms with van der Waals surface area (Å²) in [6, 6.07) is 151. The summed E-state index contributed by atoms with van der Waals surface area (Å²) < 4.78 is 0. The predicted octanol–water partition coefficient (Wildman–Crippen LogP) is 27.4. The van der Waals surface area contributed by atoms with Crippen LogP contribution in [0.4, 0.5) is 0 Å². The molecule has 12 heteroatoms. The molecule has 0 fully saturated rings. The minimum atomic E-state index is -0.0619. The van der Waals surface area contributed by atoms with Gasteiger partial charge < -0.3 is 40.9 Å². The van der Waals surface area contributed by atoms with Crippen LogP contribution in [0.5, 0.6) is 46.0 Å². The van der Waals surface area contributed by atoms with Crippen LogP contribution in [0, 0.1) is 27.7 Å². The fourth-order valence-electron chi connectivity index (χ4n) is 17.7. The van der Waals surface area contributed by atoms with Gasteiger partial charge in [0.1, 0.15) is 0 Å². The first kappa shape index (κ1) is 110. The molecule has 0 aliphatic heterocycles. The molecule has 0 heterocycles. The van der Waals surface area contributed by atoms with Crippen molar-refractivity contribution in [2.75, 3.05) is 0 Å². The van der Waals surface area contributed by atoms with Gasteiger partial charge in [-0.1, -0.05) is 576 Å². The SMILES string of the molecule is Cc1cc(-c2ccc(/C=C/c3ccccc3)cc2)cc(Cc2cc(-c3ccc(/C=C/c4ccccc4)cc3)ccc2[O-])c1[O-].Cc1cc(-c2ccc(/C=C/c3ccccc3)cc2)cc(Cc2cc(-c3ccc(/C=C/c4ccccc4)cc3)ccc2[O-])c1[O-].Cc1cc(-c2ccccc2)cc(Cc2cc(-c3ccccc3)ccc2[O-])c1[O-].Cc1cc(-c2ccccc2)cc(Cc2cc(-c3ccccc3)ccc2[O-])c1[O-].[Be+2].[Ca+2].[Mg+2].[Mg+2]. The molecule has 704 valence electrons. The summed E-state index contributed by atoms with van der Waals surface area (Å²) >= 11 is 0. The van der Waals surface area contributed by atoms with Crippen LogP contribution in [-0.4, -0.2) is 94.0 Å². The Bertz CT molecular complexity index is 7440. The maximum Gasteiger partial charge on any atom is 2.00 e. The molecular weight excluding hydrogens is 1860 g/mol. The smallest absolute Gasteiger partial charge is 0.872 e. The molecule has 0 bridgehead atoms. The van der Waals surface area contributed by atoms with E-state index in [-0.39, 0.29) is 153 Å². The Balaban J connectivity index is 0.000000167. The molecule has 20 rings (SSSR count). The summed E-state index contributed by atoms with van der Waals surface area (Å²) in [5, 5.41) is 103. The fourth-order valence-corrected chi connectivity index (χ4v) is 17.7. The number of aryl methyl sites for hydroxylation is 4. The van der Waals surface area contributed by atoms with Gasteiger partial charge in [-0.3, -0.25) is 0 Å². The molecule has 0 aromatic heterocycles. The molecule has 0 aliphatic rings. The Kier molecular flexibility index (Phi) is 39.9. The van der Waals surface area contributed by atoms with Crippen molar-refractivity contribution in [3.63, 3.8) is 0 Å². The Morgan fingerprint density at radius 2 is 0.284 bits per heavy atom. The minimum Gasteiger partial charge on any atom is -0.872 e. The molecule has 0 unspecified atom stereocenters. The van der Waals surface area contributed by atoms with E-state index >= 15 is 0 Å². The molecule has 0 saturated heterocycles. The normalized spacial score (nSPS) is 10.8. The van der Waals surface area contributed by atoms with E-state index in [9.17, 15) is 40.9 Å². The third-order valence-corrected chi connectivity index (χ3v) is 25.6. The van der Waals surface area contributed by atoms with Gasteiger partial charge in [-0.15, -0.1) is 46.0 Å². The number of benzene rings is 20. The van der Waals surface area contributed by atoms with Gasteiger partial charge >= 0.3 is 94.0 Å². The average molecular weight is 1960 g/mol. The van der Waals surface area contributed by atoms with Crippen molar-refractivity contribution < 1.29 is 40.9 Å². The summed E-state index contributed by atoms with van der Waals surface area (Å²) in [5.41, 5.74) is 33.0. The van der Waals surface area contributed by atoms with Crippen molar-refractivity contribution in [3.05, 3.63) is 572 Å². The van der Waals surface area contributed by atoms with E-state index in [0.29, 0.717) is 79.6 Å². The Morgan fingerprint density at radius 1 is 0.149 bits per heavy atom. The first-order valence-electron chi connectivity index (χ1n) is 48.2. The molecule has 0 aliphatic carbocycles. The summed E-state index contributed by atoms with van der Waals surface area (Å²) in [5.74, 6) is -0.232. The average Bonchev–Trinajstić information content (AvgIpc) is 0.763. The molecule has 20 aromatic carbocycles. The third-order valence-electron chi connectivity index (χ3n) is 25.6. The molecule has 0 amide bonds. The van der Waals surface area contributed by atoms with E-state index in [1.165, 1.54) is 0 Å². The van der Waals surface area contributed by atoms with Gasteiger partial charge in [0.15, 0.2) is 0 Å². The van der Waals surface area contributed by atoms with Gasteiger partial charge in [-0.2, -0.15) is 0 Å². The molecular formula is C136H104BeCaMg2O8. The minimum absolute atomic E-state index is 0. The third kappa shape index (κ3) is 29.6. The summed E-state index contributed by atoms with van der Waals surface area (Å²) in [6.07, 6.45) is 18.0. The summed E-state index contributed by atoms with van der Waals surface area (Å²) in [6.45, 7) is 7.34. The summed E-state index contributed by atoms with van der Waals surface area (Å²) in [7, 11) is 0. The predicted molar refractivity (Wildman–Crippen MR) is 605 cm³/mol. The van der Waals surface area contributed by atoms with Gasteiger partial charge in [-0.05, 0) is 187 Å². The zero-order valence-electron chi connectivity index (χ0n) is 83.4. The van der Waals surface area contributed by atoms with E-state index in [4.69, 9.17) is 0 Å². The second-order valence-electron chi connectivity index (χ2n) is 36.1. The van der Waals surface area contributed by atoms with Crippen LogP contribution in [0.15, 0.2) is 461 Å². The van der Waals surface area contributed by atoms with E-state index in [1.807, 2.05) is 319 Å². The second-order valence-corrected chi connectivity index (χ2v) is 36.1. The van der Waals surface area contributed by atoms with Crippen LogP contribution in [0.25, 0.3) is 138 Å². The van der Waals surface area contributed by atoms with Crippen molar-refractivity contribution in [2.45, 2.75) is 53.4 Å². The quantitative estimate of drug-likeness (QED) is 0.0422. The topological polar surface area (TPSA) is 184 Å². The van der Waals surface area contributed by atoms with Crippen LogP contribution in [0.2, 0.25) is 0 Å². The first-order valence-corrected chi connectivity index (χ1v) is 48.2. The standard InChI is InChI=1S/2C42H34O2.2C26H22O2.Be.Ca.2Mg/c2*1-30-26-38(36-22-18-34(19-23-36)15-13-32-10-6-3-7-11-32)28-40(42(30)44)29-39-27-37(24-25-41(39)43)35-20-16-33(17-21-35)14-12-31-8-4-2-5-9-31;2*1-18-14-22(20-10-6-3-7-11-20)16-24(26(18)28)17-23-15-21(12-13-25(23)27)19-8-4-2-5-9-19;;;;/h2*2-28,43-44H,29H2,1H3;2*2-16,27-28H,17H2,1H3;;;;/q;;;;4*+2/p-8/b2*14-12+,15-13+;;;;;;. The summed E-state index contributed by atoms with van der Waals surface area (Å²) in [4.78, 5) is 0. The van der Waals surface area contributed by atoms with Crippen molar-refractivity contribution in [2.24, 2.45) is 0 Å². The molecule has 0 spiro atoms. The van der Waals surface area contributed by atoms with Crippen LogP contribution in [0.1, 0.15) is 111 Å². The first-order chi connectivity index (χ1) is 70.3. The van der Waals surface area contributed by atoms with E-state index in [1.54, 1.807) is 24.3 Å². The molecule has 0 atom stereocenters. The Labute approximate surface area is 935 Å². The van der Waals surface area contributed by atoms with Crippen molar-refractivity contribution in [1.82, 2.24) is 0 Å². The molecule has 0 radical (unpaired) electrons. The second kappa shape index (κ2) is 53.7. The van der Waals surface area contributed by atoms with Crippen LogP contribution < -0.4 is 40.9 Å². The monoisotopic (exact) mass is 1960 g/mol. The van der Waals surface area contributed by atoms with Crippen molar-refractivity contribution in [1.29, 1.82) is 0 Å². The van der Waals surface area contributed by atoms with Gasteiger partial charge in [0, 0.05) is 0 Å². The van der Waals surface area contributed by atoms with Crippen molar-refractivity contribution in [3.8, 4) is 135 Å². The number of hydrogen-bond donors (Lipinski definition) is 0. The molecule has 0 N–H and O–H groups in total. The maximum atomic E-state index is 13.2. The number of rotatable bonds is 24. The largest absolute Gasteiger partial charge is 2.00 e. The zero-order chi connectivity index (χ0) is 99.6. The zero-order valence-corrected chi connectivity index (χ0v) is 88.5. The van der Waals surface area contributed by atoms with Gasteiger partial charge in [0.25, 0.3) is 0 Å². The molecule has 20 aromatic rings. The fraction of sp³-hybridized carbons (Fsp3) is 0.0588. The van der Waals surface area contributed by atoms with E-state index in [2.05, 4.69) is 194 Å². The van der Waals surface area contributed by atoms with Crippen LogP contribution >= 0.6 is 0 Å². The maximum absolute atomic E-state index is 13.2. The molecule has 148 heavy (non-hydrogen) atoms. The Morgan fingerprint density at radius 3 is 0.466 bits per heavy atom. The van der Waals surface area contributed by atoms with Gasteiger partial charge in [0.2, 0.25) is 0 Å². The van der Waals surface area contributed by atoms with Gasteiger partial charge in [-0.25, -0.2) is 0 Å². The number of hydrogen-bond acceptors (Lipinski definition) is 8. The Hall–Kier alpha value is -15.3. The van der Waals surface area contributed by atoms with Crippen molar-refractivity contribution >= 4 is 143 Å². The van der Waals surface area contributed by atoms with Crippen LogP contribution in [0.3, 0.4) is 0 Å². The van der Waals surface area contributed by atoms with E-state index < -0.39 is 0 Å². The molecule has 8 nitrogen and oxygen atoms in total. The molecule has 0 saturated carbocycles. The van der Waals surface area contributed by atoms with Gasteiger partial charge in [0.05, 0.1) is 0 Å². The van der Waals surface area contributed by atoms with E-state index in [0.717, 1.165) is 134 Å². The van der Waals surface area contributed by atoms with Crippen LogP contribution in [-0.2, 0) is 25.7 Å².